The van der Waals surface area contributed by atoms with Crippen molar-refractivity contribution in [3.8, 4) is 11.5 Å². The van der Waals surface area contributed by atoms with Crippen molar-refractivity contribution in [2.24, 2.45) is 5.10 Å². The molecule has 1 amide bonds. The molecule has 0 saturated carbocycles. The minimum atomic E-state index is -4.02. The van der Waals surface area contributed by atoms with Crippen LogP contribution < -0.4 is 19.2 Å². The molecule has 0 radical (unpaired) electrons. The zero-order valence-corrected chi connectivity index (χ0v) is 23.2. The Morgan fingerprint density at radius 2 is 1.84 bits per heavy atom. The van der Waals surface area contributed by atoms with Gasteiger partial charge in [-0.15, -0.1) is 0 Å². The van der Waals surface area contributed by atoms with E-state index in [2.05, 4.69) is 33.0 Å². The van der Waals surface area contributed by atoms with Crippen LogP contribution in [0.5, 0.6) is 11.5 Å². The van der Waals surface area contributed by atoms with Crippen molar-refractivity contribution in [1.29, 1.82) is 0 Å². The summed E-state index contributed by atoms with van der Waals surface area (Å²) in [4.78, 5) is 12.9. The highest BCUT2D eigenvalue weighted by molar-refractivity contribution is 9.10. The molecule has 194 valence electrons. The number of hydrazone groups is 1. The summed E-state index contributed by atoms with van der Waals surface area (Å²) in [7, 11) is -2.50. The van der Waals surface area contributed by atoms with E-state index in [9.17, 15) is 13.2 Å². The van der Waals surface area contributed by atoms with Crippen LogP contribution in [-0.4, -0.2) is 40.8 Å². The zero-order valence-electron chi connectivity index (χ0n) is 20.8. The van der Waals surface area contributed by atoms with Crippen LogP contribution in [0.3, 0.4) is 0 Å². The molecule has 0 spiro atoms. The number of nitrogens with zero attached hydrogens (tertiary/aromatic N) is 2. The van der Waals surface area contributed by atoms with E-state index >= 15 is 0 Å². The van der Waals surface area contributed by atoms with Gasteiger partial charge in [0.05, 0.1) is 28.4 Å². The second-order valence-corrected chi connectivity index (χ2v) is 10.8. The van der Waals surface area contributed by atoms with Gasteiger partial charge in [-0.2, -0.15) is 5.10 Å². The maximum Gasteiger partial charge on any atom is 0.264 e. The van der Waals surface area contributed by atoms with Crippen molar-refractivity contribution in [1.82, 2.24) is 5.43 Å². The predicted molar refractivity (Wildman–Crippen MR) is 149 cm³/mol. The van der Waals surface area contributed by atoms with E-state index in [1.807, 2.05) is 6.92 Å². The highest BCUT2D eigenvalue weighted by atomic mass is 79.9. The average molecular weight is 587 g/mol. The smallest absolute Gasteiger partial charge is 0.264 e. The Bertz CT molecular complexity index is 1410. The van der Waals surface area contributed by atoms with Gasteiger partial charge in [0.2, 0.25) is 0 Å². The van der Waals surface area contributed by atoms with Gasteiger partial charge in [0.15, 0.2) is 11.5 Å². The second kappa shape index (κ2) is 12.6. The van der Waals surface area contributed by atoms with Crippen molar-refractivity contribution in [2.45, 2.75) is 18.7 Å². The van der Waals surface area contributed by atoms with E-state index in [1.54, 1.807) is 61.5 Å². The first-order chi connectivity index (χ1) is 17.7. The fourth-order valence-corrected chi connectivity index (χ4v) is 5.48. The summed E-state index contributed by atoms with van der Waals surface area (Å²) in [5, 5.41) is 4.01. The lowest BCUT2D eigenvalue weighted by atomic mass is 10.2. The topological polar surface area (TPSA) is 97.3 Å². The molecule has 37 heavy (non-hydrogen) atoms. The van der Waals surface area contributed by atoms with Gasteiger partial charge in [0.1, 0.15) is 13.2 Å². The first-order valence-electron chi connectivity index (χ1n) is 11.3. The molecule has 0 unspecified atom stereocenters. The van der Waals surface area contributed by atoms with Gasteiger partial charge in [-0.25, -0.2) is 13.8 Å². The van der Waals surface area contributed by atoms with Gasteiger partial charge in [0.25, 0.3) is 15.9 Å². The molecule has 0 atom stereocenters. The Morgan fingerprint density at radius 1 is 1.14 bits per heavy atom. The van der Waals surface area contributed by atoms with Gasteiger partial charge >= 0.3 is 0 Å². The minimum absolute atomic E-state index is 0.0911. The van der Waals surface area contributed by atoms with Crippen molar-refractivity contribution >= 4 is 43.8 Å². The van der Waals surface area contributed by atoms with Gasteiger partial charge in [-0.05, 0) is 71.2 Å². The number of carbonyl (C=O) groups is 1. The summed E-state index contributed by atoms with van der Waals surface area (Å²) in [5.41, 5.74) is 5.09. The SMILES string of the molecule is C=CCOc1c(Br)cc(/C=N/NC(=O)CN(c2ccccc2C)S(=O)(=O)c2ccc(C)cc2)cc1OC. The van der Waals surface area contributed by atoms with Crippen LogP contribution in [0.4, 0.5) is 5.69 Å². The zero-order chi connectivity index (χ0) is 27.0. The first-order valence-corrected chi connectivity index (χ1v) is 13.5. The highest BCUT2D eigenvalue weighted by Crippen LogP contribution is 2.36. The Labute approximate surface area is 225 Å². The molecule has 10 heteroatoms. The van der Waals surface area contributed by atoms with E-state index in [4.69, 9.17) is 9.47 Å². The van der Waals surface area contributed by atoms with Crippen LogP contribution in [0.25, 0.3) is 0 Å². The summed E-state index contributed by atoms with van der Waals surface area (Å²) >= 11 is 3.44. The third-order valence-electron chi connectivity index (χ3n) is 5.28. The van der Waals surface area contributed by atoms with Gasteiger partial charge in [0, 0.05) is 0 Å². The van der Waals surface area contributed by atoms with Crippen LogP contribution in [0, 0.1) is 13.8 Å². The fourth-order valence-electron chi connectivity index (χ4n) is 3.42. The maximum atomic E-state index is 13.5. The molecule has 3 rings (SSSR count). The molecule has 3 aromatic carbocycles. The molecule has 0 heterocycles. The second-order valence-electron chi connectivity index (χ2n) is 8.04. The lowest BCUT2D eigenvalue weighted by Gasteiger charge is -2.25. The molecule has 0 aliphatic heterocycles. The summed E-state index contributed by atoms with van der Waals surface area (Å²) < 4.78 is 39.7. The molecule has 0 aromatic heterocycles. The van der Waals surface area contributed by atoms with Crippen molar-refractivity contribution in [2.75, 3.05) is 24.6 Å². The van der Waals surface area contributed by atoms with Gasteiger partial charge < -0.3 is 9.47 Å². The Hall–Kier alpha value is -3.63. The largest absolute Gasteiger partial charge is 0.493 e. The third-order valence-corrected chi connectivity index (χ3v) is 7.64. The fraction of sp³-hybridized carbons (Fsp3) is 0.185. The number of methoxy groups -OCH3 is 1. The monoisotopic (exact) mass is 585 g/mol. The van der Waals surface area contributed by atoms with Gasteiger partial charge in [-0.3, -0.25) is 9.10 Å². The van der Waals surface area contributed by atoms with E-state index in [0.717, 1.165) is 9.87 Å². The minimum Gasteiger partial charge on any atom is -0.493 e. The molecule has 0 saturated heterocycles. The number of ether oxygens (including phenoxy) is 2. The Morgan fingerprint density at radius 3 is 2.49 bits per heavy atom. The number of carbonyl (C=O) groups excluding carboxylic acids is 1. The lowest BCUT2D eigenvalue weighted by Crippen LogP contribution is -2.40. The third kappa shape index (κ3) is 6.99. The van der Waals surface area contributed by atoms with Crippen LogP contribution in [-0.2, 0) is 14.8 Å². The highest BCUT2D eigenvalue weighted by Gasteiger charge is 2.28. The summed E-state index contributed by atoms with van der Waals surface area (Å²) in [5.74, 6) is 0.379. The van der Waals surface area contributed by atoms with Gasteiger partial charge in [-0.1, -0.05) is 48.6 Å². The van der Waals surface area contributed by atoms with Crippen molar-refractivity contribution in [3.63, 3.8) is 0 Å². The number of nitrogens with one attached hydrogen (secondary N) is 1. The van der Waals surface area contributed by atoms with Crippen molar-refractivity contribution < 1.29 is 22.7 Å². The summed E-state index contributed by atoms with van der Waals surface area (Å²) in [6, 6.07) is 16.9. The number of halogens is 1. The maximum absolute atomic E-state index is 13.5. The van der Waals surface area contributed by atoms with Crippen LogP contribution in [0.2, 0.25) is 0 Å². The molecule has 8 nitrogen and oxygen atoms in total. The number of benzene rings is 3. The Balaban J connectivity index is 1.82. The number of aryl methyl sites for hydroxylation is 2. The van der Waals surface area contributed by atoms with E-state index < -0.39 is 22.5 Å². The predicted octanol–water partition coefficient (Wildman–Crippen LogP) is 4.98. The van der Waals surface area contributed by atoms with E-state index in [1.165, 1.54) is 25.5 Å². The number of amides is 1. The molecule has 0 fully saturated rings. The molecular formula is C27H28BrN3O5S. The van der Waals surface area contributed by atoms with Crippen LogP contribution in [0.15, 0.2) is 87.8 Å². The number of anilines is 1. The van der Waals surface area contributed by atoms with E-state index in [0.29, 0.717) is 39.4 Å². The normalized spacial score (nSPS) is 11.2. The number of rotatable bonds is 11. The molecular weight excluding hydrogens is 558 g/mol. The quantitative estimate of drug-likeness (QED) is 0.194. The van der Waals surface area contributed by atoms with Crippen LogP contribution >= 0.6 is 15.9 Å². The summed E-state index contributed by atoms with van der Waals surface area (Å²) in [6.07, 6.45) is 3.05. The number of hydrogen-bond acceptors (Lipinski definition) is 6. The lowest BCUT2D eigenvalue weighted by molar-refractivity contribution is -0.119. The Kier molecular flexibility index (Phi) is 9.48. The first kappa shape index (κ1) is 27.9. The number of sulfonamides is 1. The van der Waals surface area contributed by atoms with Crippen molar-refractivity contribution in [3.05, 3.63) is 94.5 Å². The molecule has 0 aliphatic carbocycles. The molecule has 1 N–H and O–H groups in total. The number of hydrogen-bond donors (Lipinski definition) is 1. The summed E-state index contributed by atoms with van der Waals surface area (Å²) in [6.45, 7) is 7.14. The van der Waals surface area contributed by atoms with Crippen LogP contribution in [0.1, 0.15) is 16.7 Å². The average Bonchev–Trinajstić information content (AvgIpc) is 2.87. The molecule has 0 aliphatic rings. The standard InChI is InChI=1S/C27H28BrN3O5S/c1-5-14-36-27-23(28)15-21(16-25(27)35-4)17-29-30-26(32)18-31(24-9-7-6-8-20(24)3)37(33,34)22-12-10-19(2)11-13-22/h5-13,15-17H,1,14,18H2,2-4H3,(H,30,32)/b29-17+. The molecule has 3 aromatic rings. The molecule has 0 bridgehead atoms. The van der Waals surface area contributed by atoms with E-state index in [-0.39, 0.29) is 4.90 Å². The number of para-hydroxylation sites is 1.